The van der Waals surface area contributed by atoms with Crippen LogP contribution in [0.1, 0.15) is 79.9 Å². The number of rotatable bonds is 15. The van der Waals surface area contributed by atoms with E-state index in [0.717, 1.165) is 22.8 Å². The highest BCUT2D eigenvalue weighted by molar-refractivity contribution is 7.93. The molecule has 0 saturated carbocycles. The lowest BCUT2D eigenvalue weighted by molar-refractivity contribution is -0.142. The van der Waals surface area contributed by atoms with Crippen LogP contribution in [0.2, 0.25) is 5.02 Å². The topological polar surface area (TPSA) is 201 Å². The number of Topliss-reactive ketones (excluding diaryl/α,β-unsaturated/α-hetero) is 3. The quantitative estimate of drug-likeness (QED) is 0.0689. The summed E-state index contributed by atoms with van der Waals surface area (Å²) < 4.78 is 23.4. The molecule has 62 heavy (non-hydrogen) atoms. The molecular formula is C48H54ClN3O9S. The van der Waals surface area contributed by atoms with Gasteiger partial charge in [0.15, 0.2) is 27.2 Å². The second kappa shape index (κ2) is 21.0. The monoisotopic (exact) mass is 883 g/mol. The minimum Gasteiger partial charge on any atom is -0.507 e. The summed E-state index contributed by atoms with van der Waals surface area (Å²) >= 11 is 6.05. The molecule has 4 bridgehead atoms. The van der Waals surface area contributed by atoms with Gasteiger partial charge in [-0.1, -0.05) is 86.5 Å². The molecule has 5 rings (SSSR count). The molecule has 0 aliphatic carbocycles. The Bertz CT molecular complexity index is 2430. The van der Waals surface area contributed by atoms with Crippen LogP contribution in [-0.2, 0) is 35.4 Å². The number of phenols is 2. The predicted octanol–water partition coefficient (Wildman–Crippen LogP) is 7.39. The maximum atomic E-state index is 14.6. The molecule has 0 radical (unpaired) electrons. The molecule has 12 nitrogen and oxygen atoms in total. The van der Waals surface area contributed by atoms with E-state index in [2.05, 4.69) is 5.32 Å². The first-order chi connectivity index (χ1) is 29.3. The number of aromatic hydroxyl groups is 2. The van der Waals surface area contributed by atoms with Crippen LogP contribution in [0.15, 0.2) is 96.4 Å². The smallest absolute Gasteiger partial charge is 0.226 e. The number of ketones is 3. The molecule has 4 aromatic carbocycles. The maximum absolute atomic E-state index is 14.6. The molecule has 0 fully saturated rings. The van der Waals surface area contributed by atoms with Crippen molar-refractivity contribution < 1.29 is 42.6 Å². The van der Waals surface area contributed by atoms with Gasteiger partial charge in [0.2, 0.25) is 11.8 Å². The summed E-state index contributed by atoms with van der Waals surface area (Å²) in [6, 6.07) is 21.0. The SMILES string of the molecule is C[C@@H]1CC(=O)[C@@H](N(C)C(=O)[C@H](CCCCN)CC(=O)c2ccc(-c3ccc(Cl)cc3)cc2)c2ccc(O)c(c2)-c2cc(ccc2O)C[C@@H](C(=O)C[C@@H](C)/C=C/S(C)(=O)=O)NC1=O. The molecule has 0 spiro atoms. The van der Waals surface area contributed by atoms with Crippen molar-refractivity contribution >= 4 is 50.6 Å². The third-order valence-corrected chi connectivity index (χ3v) is 12.1. The van der Waals surface area contributed by atoms with Gasteiger partial charge in [-0.2, -0.15) is 0 Å². The third kappa shape index (κ3) is 12.5. The molecule has 0 unspecified atom stereocenters. The van der Waals surface area contributed by atoms with Gasteiger partial charge in [-0.25, -0.2) is 8.42 Å². The second-order valence-corrected chi connectivity index (χ2v) is 18.7. The molecule has 0 saturated heterocycles. The van der Waals surface area contributed by atoms with Crippen molar-refractivity contribution in [3.8, 4) is 33.8 Å². The predicted molar refractivity (Wildman–Crippen MR) is 240 cm³/mol. The lowest BCUT2D eigenvalue weighted by Gasteiger charge is -2.32. The summed E-state index contributed by atoms with van der Waals surface area (Å²) in [7, 11) is -1.97. The van der Waals surface area contributed by atoms with Crippen LogP contribution in [0, 0.1) is 17.8 Å². The highest BCUT2D eigenvalue weighted by Gasteiger charge is 2.36. The minimum absolute atomic E-state index is 0.00188. The van der Waals surface area contributed by atoms with E-state index >= 15 is 0 Å². The van der Waals surface area contributed by atoms with E-state index in [1.807, 2.05) is 24.3 Å². The molecule has 2 amide bonds. The number of nitrogens with two attached hydrogens (primary N) is 1. The normalized spacial score (nSPS) is 18.1. The summed E-state index contributed by atoms with van der Waals surface area (Å²) in [6.45, 7) is 3.61. The standard InChI is InChI=1S/C48H54ClN3O9S/c1-29(20-22-62(4,60)61)23-44(56)40-26-31-8-18-41(53)38(25-31)39-27-35(15-19-42(39)54)46(45(57)24-30(2)47(58)51-40)52(3)48(59)36(7-5-6-21-50)28-43(55)34-11-9-32(10-12-34)33-13-16-37(49)17-14-33/h8-20,22,25,27,29-30,36,40,46,53-54H,5-7,21,23-24,26,28,50H2,1-4H3,(H,51,58)/b22-20+/t29-,30+,36+,40-,46-/m0/s1. The van der Waals surface area contributed by atoms with Crippen molar-refractivity contribution in [3.63, 3.8) is 0 Å². The summed E-state index contributed by atoms with van der Waals surface area (Å²) in [5, 5.41) is 26.7. The number of allylic oxidation sites excluding steroid dienone is 1. The minimum atomic E-state index is -3.44. The fraction of sp³-hybridized carbons (Fsp3) is 0.354. The number of sulfone groups is 1. The lowest BCUT2D eigenvalue weighted by Crippen LogP contribution is -2.46. The molecule has 328 valence electrons. The zero-order valence-corrected chi connectivity index (χ0v) is 36.9. The summed E-state index contributed by atoms with van der Waals surface area (Å²) in [6.07, 6.45) is 3.33. The molecule has 5 N–H and O–H groups in total. The van der Waals surface area contributed by atoms with Gasteiger partial charge in [-0.3, -0.25) is 24.0 Å². The van der Waals surface area contributed by atoms with Crippen LogP contribution < -0.4 is 11.1 Å². The molecule has 4 aromatic rings. The van der Waals surface area contributed by atoms with Crippen LogP contribution in [0.3, 0.4) is 0 Å². The molecule has 14 heteroatoms. The zero-order chi connectivity index (χ0) is 45.3. The largest absolute Gasteiger partial charge is 0.507 e. The molecule has 1 heterocycles. The van der Waals surface area contributed by atoms with Crippen molar-refractivity contribution in [2.45, 2.75) is 70.9 Å². The van der Waals surface area contributed by atoms with Gasteiger partial charge < -0.3 is 26.2 Å². The average molecular weight is 884 g/mol. The number of nitrogens with one attached hydrogen (secondary N) is 1. The van der Waals surface area contributed by atoms with Gasteiger partial charge in [0.1, 0.15) is 17.5 Å². The van der Waals surface area contributed by atoms with E-state index < -0.39 is 57.3 Å². The van der Waals surface area contributed by atoms with Crippen molar-refractivity contribution in [1.82, 2.24) is 10.2 Å². The number of carbonyl (C=O) groups excluding carboxylic acids is 5. The van der Waals surface area contributed by atoms with E-state index in [1.54, 1.807) is 50.2 Å². The first-order valence-electron chi connectivity index (χ1n) is 20.6. The lowest BCUT2D eigenvalue weighted by atomic mass is 9.87. The van der Waals surface area contributed by atoms with Gasteiger partial charge in [0.25, 0.3) is 0 Å². The number of fused-ring (bicyclic) bond motifs is 5. The summed E-state index contributed by atoms with van der Waals surface area (Å²) in [5.74, 6) is -4.93. The number of halogens is 1. The van der Waals surface area contributed by atoms with Crippen LogP contribution in [0.5, 0.6) is 11.5 Å². The van der Waals surface area contributed by atoms with Crippen molar-refractivity contribution in [1.29, 1.82) is 0 Å². The summed E-state index contributed by atoms with van der Waals surface area (Å²) in [4.78, 5) is 71.8. The van der Waals surface area contributed by atoms with Crippen molar-refractivity contribution in [2.75, 3.05) is 19.8 Å². The van der Waals surface area contributed by atoms with Gasteiger partial charge in [0, 0.05) is 71.5 Å². The van der Waals surface area contributed by atoms with Crippen LogP contribution in [0.4, 0.5) is 0 Å². The van der Waals surface area contributed by atoms with Crippen LogP contribution in [0.25, 0.3) is 22.3 Å². The van der Waals surface area contributed by atoms with Crippen LogP contribution in [-0.4, -0.2) is 78.6 Å². The number of carbonyl (C=O) groups is 5. The highest BCUT2D eigenvalue weighted by atomic mass is 35.5. The Morgan fingerprint density at radius 1 is 0.887 bits per heavy atom. The fourth-order valence-electron chi connectivity index (χ4n) is 7.69. The van der Waals surface area contributed by atoms with Gasteiger partial charge >= 0.3 is 0 Å². The van der Waals surface area contributed by atoms with Gasteiger partial charge in [-0.05, 0) is 90.4 Å². The average Bonchev–Trinajstić information content (AvgIpc) is 3.23. The number of unbranched alkanes of at least 4 members (excludes halogenated alkanes) is 1. The number of phenolic OH excluding ortho intramolecular Hbond substituents is 2. The molecule has 0 aromatic heterocycles. The Morgan fingerprint density at radius 2 is 1.50 bits per heavy atom. The number of benzene rings is 4. The summed E-state index contributed by atoms with van der Waals surface area (Å²) in [5.41, 5.74) is 9.21. The molecule has 1 aliphatic rings. The fourth-order valence-corrected chi connectivity index (χ4v) is 8.37. The number of hydrogen-bond donors (Lipinski definition) is 4. The van der Waals surface area contributed by atoms with E-state index in [-0.39, 0.29) is 59.9 Å². The van der Waals surface area contributed by atoms with E-state index in [9.17, 15) is 42.6 Å². The first kappa shape index (κ1) is 47.4. The van der Waals surface area contributed by atoms with E-state index in [4.69, 9.17) is 17.3 Å². The Hall–Kier alpha value is -5.63. The van der Waals surface area contributed by atoms with Gasteiger partial charge in [-0.15, -0.1) is 0 Å². The van der Waals surface area contributed by atoms with E-state index in [1.165, 1.54) is 42.3 Å². The molecule has 1 aliphatic heterocycles. The maximum Gasteiger partial charge on any atom is 0.226 e. The second-order valence-electron chi connectivity index (χ2n) is 16.3. The molecule has 5 atom stereocenters. The highest BCUT2D eigenvalue weighted by Crippen LogP contribution is 2.40. The van der Waals surface area contributed by atoms with Crippen molar-refractivity contribution in [3.05, 3.63) is 118 Å². The zero-order valence-electron chi connectivity index (χ0n) is 35.3. The molecular weight excluding hydrogens is 830 g/mol. The van der Waals surface area contributed by atoms with Gasteiger partial charge in [0.05, 0.1) is 6.04 Å². The Kier molecular flexibility index (Phi) is 16.0. The number of nitrogens with zero attached hydrogens (tertiary/aromatic N) is 1. The third-order valence-electron chi connectivity index (χ3n) is 11.2. The Labute approximate surface area is 368 Å². The number of amides is 2. The van der Waals surface area contributed by atoms with Crippen LogP contribution >= 0.6 is 11.6 Å². The number of hydrogen-bond acceptors (Lipinski definition) is 10. The van der Waals surface area contributed by atoms with E-state index in [0.29, 0.717) is 47.5 Å². The first-order valence-corrected chi connectivity index (χ1v) is 22.9. The Balaban J connectivity index is 1.49. The number of likely N-dealkylation sites (N-methyl/N-ethyl adjacent to an activating group) is 1. The van der Waals surface area contributed by atoms with Crippen molar-refractivity contribution in [2.24, 2.45) is 23.5 Å². The Morgan fingerprint density at radius 3 is 2.13 bits per heavy atom.